The summed E-state index contributed by atoms with van der Waals surface area (Å²) in [4.78, 5) is 14.4. The summed E-state index contributed by atoms with van der Waals surface area (Å²) in [6.07, 6.45) is 2.34. The maximum atomic E-state index is 14.5. The third-order valence-electron chi connectivity index (χ3n) is 4.28. The third-order valence-corrected chi connectivity index (χ3v) is 4.28. The first-order valence-corrected chi connectivity index (χ1v) is 7.90. The molecule has 0 radical (unpaired) electrons. The Hall–Kier alpha value is -2.89. The zero-order valence-electron chi connectivity index (χ0n) is 13.1. The average molecular weight is 325 g/mol. The summed E-state index contributed by atoms with van der Waals surface area (Å²) in [5.74, 6) is 0.0567. The number of carbonyl (C=O) groups excluding carboxylic acids is 1. The maximum absolute atomic E-state index is 14.5. The Kier molecular flexibility index (Phi) is 3.45. The van der Waals surface area contributed by atoms with Crippen LogP contribution in [0, 0.1) is 5.82 Å². The molecular formula is C18H16FN3O2. The molecule has 0 aliphatic carbocycles. The minimum absolute atomic E-state index is 0.186. The molecule has 6 heteroatoms. The van der Waals surface area contributed by atoms with E-state index in [1.54, 1.807) is 41.5 Å². The molecule has 1 aliphatic heterocycles. The standard InChI is InChI=1S/C18H16FN3O2/c1-2-9-22-17(11-6-3-4-7-12(11)19)14-15(13-8-5-10-24-13)20-21-16(14)18(22)23/h3-8,10,17H,2,9H2,1H3,(H,20,21). The van der Waals surface area contributed by atoms with Crippen LogP contribution in [0.3, 0.4) is 0 Å². The minimum atomic E-state index is -0.507. The molecule has 5 nitrogen and oxygen atoms in total. The average Bonchev–Trinajstić information content (AvgIpc) is 3.28. The molecule has 1 unspecified atom stereocenters. The Labute approximate surface area is 138 Å². The fourth-order valence-corrected chi connectivity index (χ4v) is 3.29. The van der Waals surface area contributed by atoms with E-state index in [0.29, 0.717) is 34.8 Å². The van der Waals surface area contributed by atoms with Gasteiger partial charge in [-0.25, -0.2) is 4.39 Å². The van der Waals surface area contributed by atoms with Crippen molar-refractivity contribution in [1.29, 1.82) is 0 Å². The van der Waals surface area contributed by atoms with E-state index in [2.05, 4.69) is 10.2 Å². The van der Waals surface area contributed by atoms with Gasteiger partial charge in [-0.05, 0) is 24.6 Å². The van der Waals surface area contributed by atoms with E-state index < -0.39 is 6.04 Å². The van der Waals surface area contributed by atoms with Crippen molar-refractivity contribution in [3.8, 4) is 11.5 Å². The summed E-state index contributed by atoms with van der Waals surface area (Å²) in [6, 6.07) is 9.59. The summed E-state index contributed by atoms with van der Waals surface area (Å²) >= 11 is 0. The molecule has 24 heavy (non-hydrogen) atoms. The van der Waals surface area contributed by atoms with Crippen LogP contribution in [-0.4, -0.2) is 27.5 Å². The van der Waals surface area contributed by atoms with Crippen LogP contribution in [0.2, 0.25) is 0 Å². The molecule has 122 valence electrons. The number of aromatic nitrogens is 2. The van der Waals surface area contributed by atoms with Crippen LogP contribution < -0.4 is 0 Å². The van der Waals surface area contributed by atoms with E-state index in [-0.39, 0.29) is 11.7 Å². The minimum Gasteiger partial charge on any atom is -0.463 e. The second kappa shape index (κ2) is 5.63. The van der Waals surface area contributed by atoms with Gasteiger partial charge in [0, 0.05) is 17.7 Å². The lowest BCUT2D eigenvalue weighted by atomic mass is 9.97. The number of fused-ring (bicyclic) bond motifs is 1. The van der Waals surface area contributed by atoms with E-state index in [1.165, 1.54) is 6.07 Å². The van der Waals surface area contributed by atoms with Crippen molar-refractivity contribution in [2.75, 3.05) is 6.54 Å². The summed E-state index contributed by atoms with van der Waals surface area (Å²) in [6.45, 7) is 2.52. The molecule has 1 atom stereocenters. The van der Waals surface area contributed by atoms with Crippen LogP contribution in [0.1, 0.15) is 41.0 Å². The first-order chi connectivity index (χ1) is 11.7. The summed E-state index contributed by atoms with van der Waals surface area (Å²) in [5, 5.41) is 7.05. The molecule has 1 amide bonds. The third kappa shape index (κ3) is 2.06. The molecular weight excluding hydrogens is 309 g/mol. The number of nitrogens with one attached hydrogen (secondary N) is 1. The van der Waals surface area contributed by atoms with Gasteiger partial charge in [-0.15, -0.1) is 0 Å². The number of hydrogen-bond acceptors (Lipinski definition) is 3. The van der Waals surface area contributed by atoms with Gasteiger partial charge >= 0.3 is 0 Å². The highest BCUT2D eigenvalue weighted by Gasteiger charge is 2.43. The number of benzene rings is 1. The van der Waals surface area contributed by atoms with Crippen molar-refractivity contribution in [3.63, 3.8) is 0 Å². The van der Waals surface area contributed by atoms with Crippen LogP contribution in [-0.2, 0) is 0 Å². The molecule has 2 aromatic heterocycles. The van der Waals surface area contributed by atoms with E-state index in [9.17, 15) is 9.18 Å². The molecule has 0 saturated heterocycles. The normalized spacial score (nSPS) is 16.7. The molecule has 1 N–H and O–H groups in total. The van der Waals surface area contributed by atoms with Gasteiger partial charge in [0.15, 0.2) is 11.5 Å². The number of nitrogens with zero attached hydrogens (tertiary/aromatic N) is 2. The quantitative estimate of drug-likeness (QED) is 0.794. The fourth-order valence-electron chi connectivity index (χ4n) is 3.29. The van der Waals surface area contributed by atoms with Gasteiger partial charge in [-0.2, -0.15) is 5.10 Å². The zero-order chi connectivity index (χ0) is 16.7. The monoisotopic (exact) mass is 325 g/mol. The molecule has 3 heterocycles. The van der Waals surface area contributed by atoms with Crippen molar-refractivity contribution >= 4 is 5.91 Å². The lowest BCUT2D eigenvalue weighted by molar-refractivity contribution is 0.0742. The number of furan rings is 1. The number of aromatic amines is 1. The van der Waals surface area contributed by atoms with Crippen LogP contribution in [0.15, 0.2) is 47.1 Å². The van der Waals surface area contributed by atoms with Gasteiger partial charge in [-0.1, -0.05) is 25.1 Å². The van der Waals surface area contributed by atoms with Crippen molar-refractivity contribution in [3.05, 3.63) is 65.3 Å². The molecule has 0 saturated carbocycles. The highest BCUT2D eigenvalue weighted by molar-refractivity contribution is 5.99. The largest absolute Gasteiger partial charge is 0.463 e. The van der Waals surface area contributed by atoms with Gasteiger partial charge in [-0.3, -0.25) is 9.89 Å². The Morgan fingerprint density at radius 2 is 2.12 bits per heavy atom. The Bertz CT molecular complexity index is 886. The number of carbonyl (C=O) groups is 1. The first kappa shape index (κ1) is 14.7. The molecule has 0 spiro atoms. The number of rotatable bonds is 4. The number of halogens is 1. The van der Waals surface area contributed by atoms with Crippen molar-refractivity contribution in [1.82, 2.24) is 15.1 Å². The van der Waals surface area contributed by atoms with Gasteiger partial charge in [0.1, 0.15) is 11.5 Å². The van der Waals surface area contributed by atoms with Crippen molar-refractivity contribution in [2.45, 2.75) is 19.4 Å². The van der Waals surface area contributed by atoms with Crippen molar-refractivity contribution < 1.29 is 13.6 Å². The molecule has 1 aliphatic rings. The molecule has 0 fully saturated rings. The van der Waals surface area contributed by atoms with E-state index >= 15 is 0 Å². The van der Waals surface area contributed by atoms with Gasteiger partial charge in [0.2, 0.25) is 0 Å². The SMILES string of the molecule is CCCN1C(=O)c2n[nH]c(-c3ccco3)c2C1c1ccccc1F. The van der Waals surface area contributed by atoms with Gasteiger partial charge in [0.05, 0.1) is 12.3 Å². The van der Waals surface area contributed by atoms with Crippen LogP contribution in [0.5, 0.6) is 0 Å². The Morgan fingerprint density at radius 1 is 1.29 bits per heavy atom. The predicted octanol–water partition coefficient (Wildman–Crippen LogP) is 3.76. The molecule has 3 aromatic rings. The topological polar surface area (TPSA) is 62.1 Å². The number of hydrogen-bond donors (Lipinski definition) is 1. The van der Waals surface area contributed by atoms with Gasteiger partial charge in [0.25, 0.3) is 5.91 Å². The highest BCUT2D eigenvalue weighted by atomic mass is 19.1. The highest BCUT2D eigenvalue weighted by Crippen LogP contribution is 2.43. The Balaban J connectivity index is 1.93. The van der Waals surface area contributed by atoms with Crippen LogP contribution >= 0.6 is 0 Å². The number of amides is 1. The summed E-state index contributed by atoms with van der Waals surface area (Å²) in [7, 11) is 0. The zero-order valence-corrected chi connectivity index (χ0v) is 13.1. The molecule has 0 bridgehead atoms. The lowest BCUT2D eigenvalue weighted by Gasteiger charge is -2.26. The van der Waals surface area contributed by atoms with Gasteiger partial charge < -0.3 is 9.32 Å². The second-order valence-corrected chi connectivity index (χ2v) is 5.76. The van der Waals surface area contributed by atoms with E-state index in [0.717, 1.165) is 6.42 Å². The lowest BCUT2D eigenvalue weighted by Crippen LogP contribution is -2.30. The first-order valence-electron chi connectivity index (χ1n) is 7.90. The Morgan fingerprint density at radius 3 is 2.83 bits per heavy atom. The van der Waals surface area contributed by atoms with Crippen molar-refractivity contribution in [2.24, 2.45) is 0 Å². The molecule has 1 aromatic carbocycles. The fraction of sp³-hybridized carbons (Fsp3) is 0.222. The smallest absolute Gasteiger partial charge is 0.275 e. The van der Waals surface area contributed by atoms with E-state index in [1.807, 2.05) is 6.92 Å². The second-order valence-electron chi connectivity index (χ2n) is 5.76. The summed E-state index contributed by atoms with van der Waals surface area (Å²) < 4.78 is 19.9. The molecule has 4 rings (SSSR count). The van der Waals surface area contributed by atoms with E-state index in [4.69, 9.17) is 4.42 Å². The maximum Gasteiger partial charge on any atom is 0.275 e. The summed E-state index contributed by atoms with van der Waals surface area (Å²) in [5.41, 5.74) is 2.10. The van der Waals surface area contributed by atoms with Crippen LogP contribution in [0.4, 0.5) is 4.39 Å². The van der Waals surface area contributed by atoms with Crippen LogP contribution in [0.25, 0.3) is 11.5 Å². The predicted molar refractivity (Wildman–Crippen MR) is 85.9 cm³/mol. The number of H-pyrrole nitrogens is 1.